The highest BCUT2D eigenvalue weighted by Crippen LogP contribution is 2.31. The molecule has 10 nitrogen and oxygen atoms in total. The van der Waals surface area contributed by atoms with Crippen LogP contribution in [0.3, 0.4) is 0 Å². The van der Waals surface area contributed by atoms with Gasteiger partial charge in [-0.25, -0.2) is 4.79 Å². The Kier molecular flexibility index (Phi) is 10.8. The molecule has 0 bridgehead atoms. The van der Waals surface area contributed by atoms with E-state index >= 15 is 0 Å². The van der Waals surface area contributed by atoms with Gasteiger partial charge >= 0.3 is 5.97 Å². The lowest BCUT2D eigenvalue weighted by molar-refractivity contribution is 0.0696. The van der Waals surface area contributed by atoms with Crippen LogP contribution in [-0.2, 0) is 0 Å². The van der Waals surface area contributed by atoms with Crippen molar-refractivity contribution >= 4 is 34.8 Å². The van der Waals surface area contributed by atoms with E-state index in [0.717, 1.165) is 0 Å². The first-order valence-corrected chi connectivity index (χ1v) is 13.8. The average Bonchev–Trinajstić information content (AvgIpc) is 2.92. The van der Waals surface area contributed by atoms with E-state index in [-0.39, 0.29) is 34.8 Å². The summed E-state index contributed by atoms with van der Waals surface area (Å²) in [6.07, 6.45) is -0.117. The molecule has 0 aliphatic rings. The minimum atomic E-state index is -1.10. The van der Waals surface area contributed by atoms with E-state index in [1.165, 1.54) is 18.2 Å². The summed E-state index contributed by atoms with van der Waals surface area (Å²) in [5.41, 5.74) is 7.78. The Bertz CT molecular complexity index is 1430. The van der Waals surface area contributed by atoms with Gasteiger partial charge in [0.1, 0.15) is 17.2 Å². The molecule has 0 aromatic heterocycles. The fourth-order valence-corrected chi connectivity index (χ4v) is 3.70. The predicted octanol–water partition coefficient (Wildman–Crippen LogP) is 6.33. The number of carbonyl (C=O) groups is 3. The van der Waals surface area contributed by atoms with Gasteiger partial charge in [-0.1, -0.05) is 27.7 Å². The Balaban J connectivity index is 1.88. The van der Waals surface area contributed by atoms with Crippen molar-refractivity contribution in [1.29, 1.82) is 0 Å². The van der Waals surface area contributed by atoms with Crippen LogP contribution < -0.4 is 30.6 Å². The summed E-state index contributed by atoms with van der Waals surface area (Å²) in [5.74, 6) is -0.615. The van der Waals surface area contributed by atoms with Gasteiger partial charge in [-0.15, -0.1) is 0 Å². The molecule has 3 aromatic carbocycles. The quantitative estimate of drug-likeness (QED) is 0.172. The Morgan fingerprint density at radius 2 is 1.12 bits per heavy atom. The standard InChI is InChI=1S/C32H39N3O7/c1-18(2)16-40-28-14-22(31(37)35-26-12-9-23(32(38)39)15-29(26)41-17-19(3)4)8-11-25(28)34-30(36)21-7-10-24(33)27(13-21)42-20(5)6/h7-15,18-20H,16-17,33H2,1-6H3,(H,34,36)(H,35,37)(H,38,39). The maximum Gasteiger partial charge on any atom is 0.335 e. The van der Waals surface area contributed by atoms with Crippen LogP contribution in [0.2, 0.25) is 0 Å². The van der Waals surface area contributed by atoms with Crippen molar-refractivity contribution in [3.05, 3.63) is 71.3 Å². The zero-order chi connectivity index (χ0) is 31.0. The van der Waals surface area contributed by atoms with Gasteiger partial charge in [0.2, 0.25) is 0 Å². The van der Waals surface area contributed by atoms with E-state index in [9.17, 15) is 19.5 Å². The Morgan fingerprint density at radius 3 is 1.57 bits per heavy atom. The summed E-state index contributed by atoms with van der Waals surface area (Å²) < 4.78 is 17.5. The molecule has 224 valence electrons. The molecular formula is C32H39N3O7. The fourth-order valence-electron chi connectivity index (χ4n) is 3.70. The van der Waals surface area contributed by atoms with Gasteiger partial charge in [0, 0.05) is 11.1 Å². The van der Waals surface area contributed by atoms with Crippen molar-refractivity contribution in [2.45, 2.75) is 47.6 Å². The molecule has 0 atom stereocenters. The second-order valence-electron chi connectivity index (χ2n) is 11.0. The number of carbonyl (C=O) groups excluding carboxylic acids is 2. The van der Waals surface area contributed by atoms with Gasteiger partial charge in [0.25, 0.3) is 11.8 Å². The van der Waals surface area contributed by atoms with Gasteiger partial charge in [-0.2, -0.15) is 0 Å². The summed E-state index contributed by atoms with van der Waals surface area (Å²) in [6.45, 7) is 12.3. The van der Waals surface area contributed by atoms with Crippen LogP contribution in [0.4, 0.5) is 17.1 Å². The molecule has 0 aliphatic heterocycles. The molecule has 0 saturated heterocycles. The highest BCUT2D eigenvalue weighted by molar-refractivity contribution is 6.08. The lowest BCUT2D eigenvalue weighted by atomic mass is 10.1. The summed E-state index contributed by atoms with van der Waals surface area (Å²) >= 11 is 0. The number of ether oxygens (including phenoxy) is 3. The van der Waals surface area contributed by atoms with Gasteiger partial charge < -0.3 is 35.7 Å². The molecule has 0 spiro atoms. The number of rotatable bonds is 13. The molecule has 3 aromatic rings. The molecule has 5 N–H and O–H groups in total. The third-order valence-corrected chi connectivity index (χ3v) is 5.75. The maximum absolute atomic E-state index is 13.3. The van der Waals surface area contributed by atoms with Crippen molar-refractivity contribution in [2.24, 2.45) is 11.8 Å². The number of carboxylic acids is 1. The Labute approximate surface area is 246 Å². The minimum Gasteiger partial charge on any atom is -0.491 e. The minimum absolute atomic E-state index is 0.0419. The van der Waals surface area contributed by atoms with Crippen molar-refractivity contribution in [3.63, 3.8) is 0 Å². The second kappa shape index (κ2) is 14.2. The van der Waals surface area contributed by atoms with E-state index in [4.69, 9.17) is 19.9 Å². The second-order valence-corrected chi connectivity index (χ2v) is 11.0. The normalized spacial score (nSPS) is 11.0. The molecule has 3 rings (SSSR count). The number of hydrogen-bond donors (Lipinski definition) is 4. The van der Waals surface area contributed by atoms with Crippen molar-refractivity contribution in [2.75, 3.05) is 29.6 Å². The Hall–Kier alpha value is -4.73. The first-order chi connectivity index (χ1) is 19.8. The smallest absolute Gasteiger partial charge is 0.335 e. The zero-order valence-corrected chi connectivity index (χ0v) is 24.8. The first kappa shape index (κ1) is 31.8. The van der Waals surface area contributed by atoms with Gasteiger partial charge in [-0.05, 0) is 80.3 Å². The molecule has 0 heterocycles. The maximum atomic E-state index is 13.3. The van der Waals surface area contributed by atoms with E-state index in [1.54, 1.807) is 36.4 Å². The summed E-state index contributed by atoms with van der Waals surface area (Å²) in [5, 5.41) is 15.0. The topological polar surface area (TPSA) is 149 Å². The highest BCUT2D eigenvalue weighted by Gasteiger charge is 2.18. The number of aromatic carboxylic acids is 1. The van der Waals surface area contributed by atoms with Gasteiger partial charge in [0.05, 0.1) is 41.9 Å². The van der Waals surface area contributed by atoms with Crippen LogP contribution in [-0.4, -0.2) is 42.2 Å². The van der Waals surface area contributed by atoms with Crippen molar-refractivity contribution < 1.29 is 33.7 Å². The Morgan fingerprint density at radius 1 is 0.690 bits per heavy atom. The molecule has 0 aliphatic carbocycles. The van der Waals surface area contributed by atoms with Crippen LogP contribution in [0.25, 0.3) is 0 Å². The van der Waals surface area contributed by atoms with Crippen LogP contribution in [0.15, 0.2) is 54.6 Å². The number of hydrogen-bond acceptors (Lipinski definition) is 7. The lowest BCUT2D eigenvalue weighted by Gasteiger charge is -2.17. The molecule has 0 radical (unpaired) electrons. The van der Waals surface area contributed by atoms with E-state index in [2.05, 4.69) is 10.6 Å². The number of carboxylic acid groups (broad SMARTS) is 1. The summed E-state index contributed by atoms with van der Waals surface area (Å²) in [6, 6.07) is 13.8. The molecule has 42 heavy (non-hydrogen) atoms. The average molecular weight is 578 g/mol. The number of amides is 2. The first-order valence-electron chi connectivity index (χ1n) is 13.8. The number of nitrogen functional groups attached to an aromatic ring is 1. The van der Waals surface area contributed by atoms with Crippen LogP contribution in [0.5, 0.6) is 17.2 Å². The summed E-state index contributed by atoms with van der Waals surface area (Å²) in [4.78, 5) is 37.9. The van der Waals surface area contributed by atoms with Crippen molar-refractivity contribution in [3.8, 4) is 17.2 Å². The third-order valence-electron chi connectivity index (χ3n) is 5.75. The largest absolute Gasteiger partial charge is 0.491 e. The molecular weight excluding hydrogens is 538 g/mol. The molecule has 10 heteroatoms. The summed E-state index contributed by atoms with van der Waals surface area (Å²) in [7, 11) is 0. The van der Waals surface area contributed by atoms with Gasteiger partial charge in [0.15, 0.2) is 0 Å². The monoisotopic (exact) mass is 577 g/mol. The SMILES string of the molecule is CC(C)COc1cc(C(=O)O)ccc1NC(=O)c1ccc(NC(=O)c2ccc(N)c(OC(C)C)c2)c(OCC(C)C)c1. The number of benzene rings is 3. The molecule has 0 unspecified atom stereocenters. The molecule has 0 saturated carbocycles. The highest BCUT2D eigenvalue weighted by atomic mass is 16.5. The fraction of sp³-hybridized carbons (Fsp3) is 0.344. The zero-order valence-electron chi connectivity index (χ0n) is 24.8. The van der Waals surface area contributed by atoms with E-state index in [0.29, 0.717) is 47.3 Å². The van der Waals surface area contributed by atoms with E-state index in [1.807, 2.05) is 41.5 Å². The molecule has 0 fully saturated rings. The predicted molar refractivity (Wildman–Crippen MR) is 163 cm³/mol. The van der Waals surface area contributed by atoms with Crippen molar-refractivity contribution in [1.82, 2.24) is 0 Å². The van der Waals surface area contributed by atoms with Crippen LogP contribution in [0, 0.1) is 11.8 Å². The van der Waals surface area contributed by atoms with E-state index < -0.39 is 17.8 Å². The van der Waals surface area contributed by atoms with Crippen LogP contribution >= 0.6 is 0 Å². The third kappa shape index (κ3) is 8.89. The number of nitrogens with two attached hydrogens (primary N) is 1. The van der Waals surface area contributed by atoms with Crippen LogP contribution in [0.1, 0.15) is 72.6 Å². The van der Waals surface area contributed by atoms with Gasteiger partial charge in [-0.3, -0.25) is 9.59 Å². The molecule has 2 amide bonds. The lowest BCUT2D eigenvalue weighted by Crippen LogP contribution is -2.17. The number of anilines is 3. The number of nitrogens with one attached hydrogen (secondary N) is 2.